The van der Waals surface area contributed by atoms with Crippen LogP contribution in [-0.4, -0.2) is 11.2 Å². The fourth-order valence-electron chi connectivity index (χ4n) is 1.43. The molecule has 1 nitrogen and oxygen atoms in total. The SMILES string of the molecule is C=CC(O)CCCCCCCCC. The molecule has 0 aromatic heterocycles. The molecule has 0 radical (unpaired) electrons. The smallest absolute Gasteiger partial charge is 0.0718 e. The molecule has 0 aliphatic heterocycles. The van der Waals surface area contributed by atoms with E-state index in [0.717, 1.165) is 12.8 Å². The Balaban J connectivity index is 2.95. The van der Waals surface area contributed by atoms with Gasteiger partial charge in [0, 0.05) is 0 Å². The summed E-state index contributed by atoms with van der Waals surface area (Å²) in [7, 11) is 0. The van der Waals surface area contributed by atoms with Crippen LogP contribution < -0.4 is 0 Å². The van der Waals surface area contributed by atoms with Crippen LogP contribution in [0.15, 0.2) is 12.7 Å². The number of hydrogen-bond acceptors (Lipinski definition) is 1. The van der Waals surface area contributed by atoms with Crippen molar-refractivity contribution in [1.29, 1.82) is 0 Å². The zero-order valence-corrected chi connectivity index (χ0v) is 8.97. The molecule has 78 valence electrons. The maximum absolute atomic E-state index is 9.18. The van der Waals surface area contributed by atoms with Crippen molar-refractivity contribution >= 4 is 0 Å². The summed E-state index contributed by atoms with van der Waals surface area (Å²) in [6.07, 6.45) is 11.4. The van der Waals surface area contributed by atoms with E-state index in [1.54, 1.807) is 6.08 Å². The van der Waals surface area contributed by atoms with Crippen LogP contribution in [0.25, 0.3) is 0 Å². The summed E-state index contributed by atoms with van der Waals surface area (Å²) in [6, 6.07) is 0. The van der Waals surface area contributed by atoms with Gasteiger partial charge in [-0.1, -0.05) is 57.9 Å². The summed E-state index contributed by atoms with van der Waals surface area (Å²) in [5, 5.41) is 9.18. The van der Waals surface area contributed by atoms with E-state index in [1.165, 1.54) is 38.5 Å². The van der Waals surface area contributed by atoms with Crippen LogP contribution in [-0.2, 0) is 0 Å². The first-order valence-electron chi connectivity index (χ1n) is 5.62. The van der Waals surface area contributed by atoms with E-state index >= 15 is 0 Å². The second-order valence-electron chi connectivity index (χ2n) is 3.71. The van der Waals surface area contributed by atoms with Gasteiger partial charge in [0.2, 0.25) is 0 Å². The van der Waals surface area contributed by atoms with Gasteiger partial charge >= 0.3 is 0 Å². The minimum absolute atomic E-state index is 0.282. The zero-order valence-electron chi connectivity index (χ0n) is 8.97. The first kappa shape index (κ1) is 12.7. The van der Waals surface area contributed by atoms with Gasteiger partial charge in [-0.3, -0.25) is 0 Å². The topological polar surface area (TPSA) is 20.2 Å². The average Bonchev–Trinajstić information content (AvgIpc) is 2.16. The van der Waals surface area contributed by atoms with Crippen LogP contribution in [0.2, 0.25) is 0 Å². The Bertz CT molecular complexity index is 110. The summed E-state index contributed by atoms with van der Waals surface area (Å²) in [6.45, 7) is 5.79. The third kappa shape index (κ3) is 9.62. The molecular weight excluding hydrogens is 160 g/mol. The van der Waals surface area contributed by atoms with Crippen molar-refractivity contribution in [2.75, 3.05) is 0 Å². The first-order chi connectivity index (χ1) is 6.31. The minimum atomic E-state index is -0.282. The second kappa shape index (κ2) is 9.79. The van der Waals surface area contributed by atoms with Crippen LogP contribution in [0.5, 0.6) is 0 Å². The Morgan fingerprint density at radius 3 is 2.15 bits per heavy atom. The molecule has 1 N–H and O–H groups in total. The normalized spacial score (nSPS) is 12.8. The Morgan fingerprint density at radius 1 is 1.08 bits per heavy atom. The Morgan fingerprint density at radius 2 is 1.62 bits per heavy atom. The van der Waals surface area contributed by atoms with Crippen LogP contribution in [0, 0.1) is 0 Å². The van der Waals surface area contributed by atoms with Crippen molar-refractivity contribution in [3.8, 4) is 0 Å². The van der Waals surface area contributed by atoms with E-state index in [2.05, 4.69) is 13.5 Å². The standard InChI is InChI=1S/C12H24O/c1-3-5-6-7-8-9-10-11-12(13)4-2/h4,12-13H,2-3,5-11H2,1H3. The molecule has 0 aromatic carbocycles. The summed E-state index contributed by atoms with van der Waals surface area (Å²) < 4.78 is 0. The maximum Gasteiger partial charge on any atom is 0.0718 e. The highest BCUT2D eigenvalue weighted by atomic mass is 16.3. The minimum Gasteiger partial charge on any atom is -0.389 e. The van der Waals surface area contributed by atoms with Gasteiger partial charge in [0.05, 0.1) is 6.10 Å². The highest BCUT2D eigenvalue weighted by Crippen LogP contribution is 2.09. The fraction of sp³-hybridized carbons (Fsp3) is 0.833. The molecule has 0 saturated carbocycles. The molecule has 0 aliphatic carbocycles. The molecule has 1 atom stereocenters. The van der Waals surface area contributed by atoms with Gasteiger partial charge in [-0.2, -0.15) is 0 Å². The summed E-state index contributed by atoms with van der Waals surface area (Å²) >= 11 is 0. The quantitative estimate of drug-likeness (QED) is 0.428. The monoisotopic (exact) mass is 184 g/mol. The van der Waals surface area contributed by atoms with Crippen molar-refractivity contribution in [3.63, 3.8) is 0 Å². The van der Waals surface area contributed by atoms with Crippen LogP contribution in [0.1, 0.15) is 58.3 Å². The van der Waals surface area contributed by atoms with Gasteiger partial charge in [-0.25, -0.2) is 0 Å². The molecule has 13 heavy (non-hydrogen) atoms. The van der Waals surface area contributed by atoms with Gasteiger partial charge in [0.25, 0.3) is 0 Å². The molecule has 0 aromatic rings. The molecule has 0 aliphatic rings. The number of hydrogen-bond donors (Lipinski definition) is 1. The van der Waals surface area contributed by atoms with Crippen molar-refractivity contribution in [1.82, 2.24) is 0 Å². The Hall–Kier alpha value is -0.300. The molecule has 0 rings (SSSR count). The zero-order chi connectivity index (χ0) is 9.94. The van der Waals surface area contributed by atoms with Crippen LogP contribution in [0.4, 0.5) is 0 Å². The highest BCUT2D eigenvalue weighted by Gasteiger charge is 1.96. The predicted molar refractivity (Wildman–Crippen MR) is 58.8 cm³/mol. The van der Waals surface area contributed by atoms with Crippen LogP contribution >= 0.6 is 0 Å². The molecule has 0 spiro atoms. The lowest BCUT2D eigenvalue weighted by Crippen LogP contribution is -2.00. The molecule has 0 amide bonds. The summed E-state index contributed by atoms with van der Waals surface area (Å²) in [5.41, 5.74) is 0. The van der Waals surface area contributed by atoms with E-state index < -0.39 is 0 Å². The fourth-order valence-corrected chi connectivity index (χ4v) is 1.43. The molecular formula is C12H24O. The van der Waals surface area contributed by atoms with Crippen LogP contribution in [0.3, 0.4) is 0 Å². The van der Waals surface area contributed by atoms with E-state index in [9.17, 15) is 5.11 Å². The third-order valence-electron chi connectivity index (χ3n) is 2.38. The average molecular weight is 184 g/mol. The van der Waals surface area contributed by atoms with E-state index in [1.807, 2.05) is 0 Å². The highest BCUT2D eigenvalue weighted by molar-refractivity contribution is 4.77. The largest absolute Gasteiger partial charge is 0.389 e. The predicted octanol–water partition coefficient (Wildman–Crippen LogP) is 3.67. The van der Waals surface area contributed by atoms with E-state index in [-0.39, 0.29) is 6.10 Å². The maximum atomic E-state index is 9.18. The van der Waals surface area contributed by atoms with E-state index in [4.69, 9.17) is 0 Å². The third-order valence-corrected chi connectivity index (χ3v) is 2.38. The number of unbranched alkanes of at least 4 members (excludes halogenated alkanes) is 6. The molecule has 1 heteroatoms. The number of aliphatic hydroxyl groups is 1. The lowest BCUT2D eigenvalue weighted by atomic mass is 10.1. The lowest BCUT2D eigenvalue weighted by molar-refractivity contribution is 0.208. The van der Waals surface area contributed by atoms with Gasteiger partial charge in [0.1, 0.15) is 0 Å². The first-order valence-corrected chi connectivity index (χ1v) is 5.62. The Labute approximate surface area is 82.9 Å². The Kier molecular flexibility index (Phi) is 9.56. The van der Waals surface area contributed by atoms with Gasteiger partial charge in [-0.05, 0) is 6.42 Å². The number of aliphatic hydroxyl groups excluding tert-OH is 1. The van der Waals surface area contributed by atoms with Gasteiger partial charge in [-0.15, -0.1) is 6.58 Å². The lowest BCUT2D eigenvalue weighted by Gasteiger charge is -2.04. The molecule has 0 bridgehead atoms. The molecule has 1 unspecified atom stereocenters. The molecule has 0 heterocycles. The second-order valence-corrected chi connectivity index (χ2v) is 3.71. The van der Waals surface area contributed by atoms with Crippen molar-refractivity contribution in [2.45, 2.75) is 64.4 Å². The number of rotatable bonds is 9. The summed E-state index contributed by atoms with van der Waals surface area (Å²) in [5.74, 6) is 0. The molecule has 0 fully saturated rings. The van der Waals surface area contributed by atoms with Crippen molar-refractivity contribution < 1.29 is 5.11 Å². The summed E-state index contributed by atoms with van der Waals surface area (Å²) in [4.78, 5) is 0. The van der Waals surface area contributed by atoms with Gasteiger partial charge < -0.3 is 5.11 Å². The van der Waals surface area contributed by atoms with Crippen molar-refractivity contribution in [2.24, 2.45) is 0 Å². The van der Waals surface area contributed by atoms with Gasteiger partial charge in [0.15, 0.2) is 0 Å². The van der Waals surface area contributed by atoms with E-state index in [0.29, 0.717) is 0 Å². The van der Waals surface area contributed by atoms with Crippen molar-refractivity contribution in [3.05, 3.63) is 12.7 Å². The molecule has 0 saturated heterocycles.